The van der Waals surface area contributed by atoms with Crippen LogP contribution in [0.15, 0.2) is 0 Å². The molecule has 0 bridgehead atoms. The lowest BCUT2D eigenvalue weighted by atomic mass is 9.71. The highest BCUT2D eigenvalue weighted by Crippen LogP contribution is 2.36. The Kier molecular flexibility index (Phi) is 3.57. The Morgan fingerprint density at radius 1 is 1.33 bits per heavy atom. The van der Waals surface area contributed by atoms with Crippen LogP contribution in [0.3, 0.4) is 0 Å². The van der Waals surface area contributed by atoms with E-state index in [2.05, 4.69) is 20.8 Å². The van der Waals surface area contributed by atoms with E-state index in [0.717, 1.165) is 17.8 Å². The summed E-state index contributed by atoms with van der Waals surface area (Å²) in [7, 11) is 0. The average Bonchev–Trinajstić information content (AvgIpc) is 2.04. The SMILES string of the molecule is CCC1CCC(N)CC1C(C)C. The first kappa shape index (κ1) is 10.0. The van der Waals surface area contributed by atoms with Crippen LogP contribution in [0.25, 0.3) is 0 Å². The first-order chi connectivity index (χ1) is 5.65. The topological polar surface area (TPSA) is 26.0 Å². The molecule has 0 aromatic carbocycles. The van der Waals surface area contributed by atoms with Crippen LogP contribution < -0.4 is 5.73 Å². The summed E-state index contributed by atoms with van der Waals surface area (Å²) in [6.45, 7) is 6.99. The van der Waals surface area contributed by atoms with Crippen molar-refractivity contribution < 1.29 is 0 Å². The van der Waals surface area contributed by atoms with Crippen LogP contribution in [0.2, 0.25) is 0 Å². The molecule has 12 heavy (non-hydrogen) atoms. The van der Waals surface area contributed by atoms with E-state index in [1.54, 1.807) is 0 Å². The van der Waals surface area contributed by atoms with Crippen molar-refractivity contribution >= 4 is 0 Å². The Bertz CT molecular complexity index is 131. The molecule has 1 rings (SSSR count). The molecule has 0 saturated heterocycles. The molecule has 1 nitrogen and oxygen atoms in total. The van der Waals surface area contributed by atoms with E-state index in [-0.39, 0.29) is 0 Å². The minimum atomic E-state index is 0.486. The van der Waals surface area contributed by atoms with Gasteiger partial charge in [-0.15, -0.1) is 0 Å². The lowest BCUT2D eigenvalue weighted by Gasteiger charge is -2.36. The Labute approximate surface area is 76.7 Å². The molecule has 72 valence electrons. The molecule has 0 heterocycles. The molecule has 1 saturated carbocycles. The Balaban J connectivity index is 2.52. The molecule has 0 aromatic heterocycles. The van der Waals surface area contributed by atoms with Crippen LogP contribution in [-0.4, -0.2) is 6.04 Å². The summed E-state index contributed by atoms with van der Waals surface area (Å²) in [4.78, 5) is 0. The van der Waals surface area contributed by atoms with Gasteiger partial charge in [-0.1, -0.05) is 27.2 Å². The second-order valence-corrected chi connectivity index (χ2v) is 4.65. The van der Waals surface area contributed by atoms with Gasteiger partial charge in [0.2, 0.25) is 0 Å². The lowest BCUT2D eigenvalue weighted by molar-refractivity contribution is 0.160. The molecule has 0 amide bonds. The van der Waals surface area contributed by atoms with Crippen molar-refractivity contribution in [2.75, 3.05) is 0 Å². The van der Waals surface area contributed by atoms with Crippen LogP contribution in [0, 0.1) is 17.8 Å². The summed E-state index contributed by atoms with van der Waals surface area (Å²) < 4.78 is 0. The van der Waals surface area contributed by atoms with E-state index in [4.69, 9.17) is 5.73 Å². The van der Waals surface area contributed by atoms with Crippen LogP contribution in [0.5, 0.6) is 0 Å². The molecule has 0 radical (unpaired) electrons. The minimum absolute atomic E-state index is 0.486. The van der Waals surface area contributed by atoms with E-state index in [1.165, 1.54) is 25.7 Å². The predicted molar refractivity (Wildman–Crippen MR) is 53.9 cm³/mol. The van der Waals surface area contributed by atoms with Crippen molar-refractivity contribution in [1.29, 1.82) is 0 Å². The number of nitrogens with two attached hydrogens (primary N) is 1. The highest BCUT2D eigenvalue weighted by Gasteiger charge is 2.29. The number of rotatable bonds is 2. The summed E-state index contributed by atoms with van der Waals surface area (Å²) in [5, 5.41) is 0. The van der Waals surface area contributed by atoms with Crippen molar-refractivity contribution in [3.05, 3.63) is 0 Å². The van der Waals surface area contributed by atoms with Gasteiger partial charge in [-0.25, -0.2) is 0 Å². The highest BCUT2D eigenvalue weighted by molar-refractivity contribution is 4.82. The van der Waals surface area contributed by atoms with Gasteiger partial charge in [0.25, 0.3) is 0 Å². The Morgan fingerprint density at radius 3 is 2.50 bits per heavy atom. The highest BCUT2D eigenvalue weighted by atomic mass is 14.6. The van der Waals surface area contributed by atoms with Gasteiger partial charge in [-0.2, -0.15) is 0 Å². The van der Waals surface area contributed by atoms with Crippen LogP contribution in [0.1, 0.15) is 46.5 Å². The van der Waals surface area contributed by atoms with Gasteiger partial charge >= 0.3 is 0 Å². The minimum Gasteiger partial charge on any atom is -0.328 e. The fraction of sp³-hybridized carbons (Fsp3) is 1.00. The van der Waals surface area contributed by atoms with E-state index in [1.807, 2.05) is 0 Å². The van der Waals surface area contributed by atoms with Crippen molar-refractivity contribution in [1.82, 2.24) is 0 Å². The third-order valence-electron chi connectivity index (χ3n) is 3.47. The normalized spacial score (nSPS) is 37.2. The second-order valence-electron chi connectivity index (χ2n) is 4.65. The van der Waals surface area contributed by atoms with Crippen LogP contribution in [0.4, 0.5) is 0 Å². The Morgan fingerprint density at radius 2 is 2.00 bits per heavy atom. The summed E-state index contributed by atoms with van der Waals surface area (Å²) >= 11 is 0. The van der Waals surface area contributed by atoms with Gasteiger partial charge in [0.05, 0.1) is 0 Å². The largest absolute Gasteiger partial charge is 0.328 e. The fourth-order valence-corrected chi connectivity index (χ4v) is 2.63. The summed E-state index contributed by atoms with van der Waals surface area (Å²) in [6, 6.07) is 0.486. The van der Waals surface area contributed by atoms with Gasteiger partial charge in [0.1, 0.15) is 0 Å². The molecular formula is C11H23N. The second kappa shape index (κ2) is 4.27. The number of hydrogen-bond donors (Lipinski definition) is 1. The summed E-state index contributed by atoms with van der Waals surface area (Å²) in [6.07, 6.45) is 5.22. The Hall–Kier alpha value is -0.0400. The molecule has 3 unspecified atom stereocenters. The van der Waals surface area contributed by atoms with Crippen molar-refractivity contribution in [2.45, 2.75) is 52.5 Å². The maximum absolute atomic E-state index is 5.98. The van der Waals surface area contributed by atoms with Gasteiger partial charge in [0, 0.05) is 6.04 Å². The molecule has 0 aliphatic heterocycles. The van der Waals surface area contributed by atoms with E-state index in [0.29, 0.717) is 6.04 Å². The van der Waals surface area contributed by atoms with E-state index >= 15 is 0 Å². The molecule has 1 aliphatic rings. The quantitative estimate of drug-likeness (QED) is 0.676. The summed E-state index contributed by atoms with van der Waals surface area (Å²) in [5.41, 5.74) is 5.98. The zero-order valence-corrected chi connectivity index (χ0v) is 8.72. The standard InChI is InChI=1S/C11H23N/c1-4-9-5-6-10(12)7-11(9)8(2)3/h8-11H,4-7,12H2,1-3H3. The van der Waals surface area contributed by atoms with E-state index in [9.17, 15) is 0 Å². The third-order valence-corrected chi connectivity index (χ3v) is 3.47. The van der Waals surface area contributed by atoms with Crippen molar-refractivity contribution in [3.8, 4) is 0 Å². The third kappa shape index (κ3) is 2.22. The molecule has 0 aromatic rings. The smallest absolute Gasteiger partial charge is 0.00417 e. The molecule has 0 spiro atoms. The molecule has 1 heteroatoms. The van der Waals surface area contributed by atoms with E-state index < -0.39 is 0 Å². The molecule has 3 atom stereocenters. The van der Waals surface area contributed by atoms with Gasteiger partial charge in [-0.05, 0) is 37.0 Å². The fourth-order valence-electron chi connectivity index (χ4n) is 2.63. The lowest BCUT2D eigenvalue weighted by Crippen LogP contribution is -2.35. The van der Waals surface area contributed by atoms with Crippen LogP contribution >= 0.6 is 0 Å². The van der Waals surface area contributed by atoms with Gasteiger partial charge in [-0.3, -0.25) is 0 Å². The van der Waals surface area contributed by atoms with Crippen LogP contribution in [-0.2, 0) is 0 Å². The maximum atomic E-state index is 5.98. The molecular weight excluding hydrogens is 146 g/mol. The zero-order valence-electron chi connectivity index (χ0n) is 8.72. The first-order valence-electron chi connectivity index (χ1n) is 5.40. The molecule has 1 fully saturated rings. The monoisotopic (exact) mass is 169 g/mol. The van der Waals surface area contributed by atoms with Crippen molar-refractivity contribution in [3.63, 3.8) is 0 Å². The summed E-state index contributed by atoms with van der Waals surface area (Å²) in [5.74, 6) is 2.66. The van der Waals surface area contributed by atoms with Gasteiger partial charge < -0.3 is 5.73 Å². The molecule has 1 aliphatic carbocycles. The zero-order chi connectivity index (χ0) is 9.14. The predicted octanol–water partition coefficient (Wildman–Crippen LogP) is 2.80. The maximum Gasteiger partial charge on any atom is 0.00417 e. The van der Waals surface area contributed by atoms with Gasteiger partial charge in [0.15, 0.2) is 0 Å². The van der Waals surface area contributed by atoms with Crippen molar-refractivity contribution in [2.24, 2.45) is 23.5 Å². The number of hydrogen-bond acceptors (Lipinski definition) is 1. The average molecular weight is 169 g/mol. The first-order valence-corrected chi connectivity index (χ1v) is 5.40. The molecule has 2 N–H and O–H groups in total.